The van der Waals surface area contributed by atoms with Crippen LogP contribution < -0.4 is 0 Å². The van der Waals surface area contributed by atoms with E-state index in [2.05, 4.69) is 43.0 Å². The number of aryl methyl sites for hydroxylation is 2. The van der Waals surface area contributed by atoms with Crippen LogP contribution in [0.25, 0.3) is 11.0 Å². The molecule has 6 heteroatoms. The molecule has 3 aromatic rings. The molecular formula is C18H21N3O3. The lowest BCUT2D eigenvalue weighted by molar-refractivity contribution is -0.199. The monoisotopic (exact) mass is 327 g/mol. The minimum absolute atomic E-state index is 0.0459. The Hall–Kier alpha value is -2.18. The molecule has 126 valence electrons. The second-order valence-corrected chi connectivity index (χ2v) is 6.42. The number of aromatic nitrogens is 3. The first-order chi connectivity index (χ1) is 11.6. The number of ether oxygens (including phenoxy) is 2. The summed E-state index contributed by atoms with van der Waals surface area (Å²) in [5.41, 5.74) is 3.19. The Morgan fingerprint density at radius 3 is 2.88 bits per heavy atom. The van der Waals surface area contributed by atoms with E-state index >= 15 is 0 Å². The molecule has 1 aliphatic heterocycles. The maximum absolute atomic E-state index is 6.25. The fourth-order valence-electron chi connectivity index (χ4n) is 3.29. The van der Waals surface area contributed by atoms with E-state index in [1.54, 1.807) is 11.0 Å². The van der Waals surface area contributed by atoms with Crippen molar-refractivity contribution in [1.82, 2.24) is 14.8 Å². The molecule has 1 saturated heterocycles. The van der Waals surface area contributed by atoms with E-state index in [-0.39, 0.29) is 6.10 Å². The van der Waals surface area contributed by atoms with E-state index in [0.717, 1.165) is 23.0 Å². The summed E-state index contributed by atoms with van der Waals surface area (Å²) in [7, 11) is 0. The number of furan rings is 1. The van der Waals surface area contributed by atoms with Crippen molar-refractivity contribution in [1.29, 1.82) is 0 Å². The summed E-state index contributed by atoms with van der Waals surface area (Å²) < 4.78 is 20.2. The summed E-state index contributed by atoms with van der Waals surface area (Å²) in [6.07, 6.45) is 4.10. The normalized spacial score (nSPS) is 24.0. The molecule has 1 aliphatic rings. The first kappa shape index (κ1) is 15.4. The Morgan fingerprint density at radius 2 is 2.17 bits per heavy atom. The van der Waals surface area contributed by atoms with Gasteiger partial charge in [-0.3, -0.25) is 0 Å². The summed E-state index contributed by atoms with van der Waals surface area (Å²) >= 11 is 0. The van der Waals surface area contributed by atoms with Crippen molar-refractivity contribution in [3.63, 3.8) is 0 Å². The van der Waals surface area contributed by atoms with Crippen molar-refractivity contribution in [3.8, 4) is 0 Å². The van der Waals surface area contributed by atoms with Crippen LogP contribution in [-0.4, -0.2) is 27.5 Å². The predicted molar refractivity (Wildman–Crippen MR) is 88.5 cm³/mol. The van der Waals surface area contributed by atoms with Crippen molar-refractivity contribution in [2.75, 3.05) is 6.61 Å². The van der Waals surface area contributed by atoms with E-state index in [4.69, 9.17) is 13.9 Å². The molecule has 0 N–H and O–H groups in total. The molecule has 0 saturated carbocycles. The second-order valence-electron chi connectivity index (χ2n) is 6.42. The van der Waals surface area contributed by atoms with Gasteiger partial charge in [-0.15, -0.1) is 0 Å². The molecule has 0 amide bonds. The molecule has 6 nitrogen and oxygen atoms in total. The number of nitrogens with zero attached hydrogens (tertiary/aromatic N) is 3. The van der Waals surface area contributed by atoms with Crippen LogP contribution in [0.5, 0.6) is 0 Å². The summed E-state index contributed by atoms with van der Waals surface area (Å²) in [6.45, 7) is 7.17. The highest BCUT2D eigenvalue weighted by molar-refractivity contribution is 5.82. The first-order valence-electron chi connectivity index (χ1n) is 8.25. The van der Waals surface area contributed by atoms with Crippen molar-refractivity contribution in [2.45, 2.75) is 45.6 Å². The number of hydrogen-bond acceptors (Lipinski definition) is 5. The maximum atomic E-state index is 6.25. The van der Waals surface area contributed by atoms with Gasteiger partial charge >= 0.3 is 0 Å². The molecule has 0 spiro atoms. The Morgan fingerprint density at radius 1 is 1.29 bits per heavy atom. The Kier molecular flexibility index (Phi) is 3.66. The fraction of sp³-hybridized carbons (Fsp3) is 0.444. The van der Waals surface area contributed by atoms with Gasteiger partial charge in [-0.25, -0.2) is 9.67 Å². The molecule has 0 aliphatic carbocycles. The third-order valence-corrected chi connectivity index (χ3v) is 4.47. The van der Waals surface area contributed by atoms with Gasteiger partial charge in [0.1, 0.15) is 24.8 Å². The van der Waals surface area contributed by atoms with E-state index in [1.165, 1.54) is 11.9 Å². The minimum Gasteiger partial charge on any atom is -0.455 e. The van der Waals surface area contributed by atoms with Crippen molar-refractivity contribution in [3.05, 3.63) is 47.7 Å². The highest BCUT2D eigenvalue weighted by Gasteiger charge is 2.46. The van der Waals surface area contributed by atoms with Gasteiger partial charge < -0.3 is 13.9 Å². The summed E-state index contributed by atoms with van der Waals surface area (Å²) in [5, 5.41) is 5.25. The van der Waals surface area contributed by atoms with Crippen LogP contribution in [0.2, 0.25) is 0 Å². The Balaban J connectivity index is 1.80. The average Bonchev–Trinajstić information content (AvgIpc) is 3.26. The quantitative estimate of drug-likeness (QED) is 0.735. The van der Waals surface area contributed by atoms with Gasteiger partial charge in [-0.05, 0) is 38.0 Å². The minimum atomic E-state index is -0.965. The number of fused-ring (bicyclic) bond motifs is 1. The molecule has 2 aromatic heterocycles. The maximum Gasteiger partial charge on any atom is 0.249 e. The van der Waals surface area contributed by atoms with Crippen molar-refractivity contribution < 1.29 is 13.9 Å². The van der Waals surface area contributed by atoms with Crippen LogP contribution in [0, 0.1) is 13.8 Å². The Labute approximate surface area is 140 Å². The van der Waals surface area contributed by atoms with Gasteiger partial charge in [0.25, 0.3) is 0 Å². The molecule has 0 bridgehead atoms. The molecular weight excluding hydrogens is 306 g/mol. The van der Waals surface area contributed by atoms with Crippen molar-refractivity contribution in [2.24, 2.45) is 0 Å². The molecule has 2 atom stereocenters. The van der Waals surface area contributed by atoms with Crippen LogP contribution in [-0.2, 0) is 21.8 Å². The van der Waals surface area contributed by atoms with Crippen LogP contribution in [0.3, 0.4) is 0 Å². The van der Waals surface area contributed by atoms with Crippen LogP contribution in [0.4, 0.5) is 0 Å². The summed E-state index contributed by atoms with van der Waals surface area (Å²) in [5.74, 6) is -0.286. The average molecular weight is 327 g/mol. The van der Waals surface area contributed by atoms with Gasteiger partial charge in [0.05, 0.1) is 12.7 Å². The van der Waals surface area contributed by atoms with E-state index < -0.39 is 5.79 Å². The Bertz CT molecular complexity index is 856. The largest absolute Gasteiger partial charge is 0.455 e. The zero-order valence-electron chi connectivity index (χ0n) is 14.2. The number of hydrogen-bond donors (Lipinski definition) is 0. The molecule has 3 heterocycles. The lowest BCUT2D eigenvalue weighted by atomic mass is 10.1. The number of rotatable bonds is 4. The lowest BCUT2D eigenvalue weighted by Crippen LogP contribution is -2.33. The molecule has 4 rings (SSSR count). The zero-order chi connectivity index (χ0) is 16.7. The van der Waals surface area contributed by atoms with E-state index in [0.29, 0.717) is 18.9 Å². The first-order valence-corrected chi connectivity index (χ1v) is 8.25. The molecule has 0 radical (unpaired) electrons. The van der Waals surface area contributed by atoms with Gasteiger partial charge in [-0.2, -0.15) is 5.10 Å². The highest BCUT2D eigenvalue weighted by Crippen LogP contribution is 2.40. The third-order valence-electron chi connectivity index (χ3n) is 4.47. The SMILES string of the molecule is CCC1COC(Cn2cncn2)(c2cc3cc(C)cc(C)c3o2)O1. The zero-order valence-corrected chi connectivity index (χ0v) is 14.2. The summed E-state index contributed by atoms with van der Waals surface area (Å²) in [4.78, 5) is 4.01. The van der Waals surface area contributed by atoms with Gasteiger partial charge in [0.15, 0.2) is 5.76 Å². The van der Waals surface area contributed by atoms with E-state index in [9.17, 15) is 0 Å². The van der Waals surface area contributed by atoms with Crippen molar-refractivity contribution >= 4 is 11.0 Å². The molecule has 24 heavy (non-hydrogen) atoms. The second kappa shape index (κ2) is 5.72. The molecule has 1 aromatic carbocycles. The fourth-order valence-corrected chi connectivity index (χ4v) is 3.29. The van der Waals surface area contributed by atoms with Gasteiger partial charge in [-0.1, -0.05) is 18.6 Å². The molecule has 1 fully saturated rings. The van der Waals surface area contributed by atoms with E-state index in [1.807, 2.05) is 6.07 Å². The number of benzene rings is 1. The smallest absolute Gasteiger partial charge is 0.249 e. The van der Waals surface area contributed by atoms with Gasteiger partial charge in [0, 0.05) is 5.39 Å². The van der Waals surface area contributed by atoms with Crippen LogP contribution in [0.15, 0.2) is 35.3 Å². The predicted octanol–water partition coefficient (Wildman–Crippen LogP) is 3.32. The topological polar surface area (TPSA) is 62.3 Å². The highest BCUT2D eigenvalue weighted by atomic mass is 16.8. The third kappa shape index (κ3) is 2.52. The van der Waals surface area contributed by atoms with Crippen LogP contribution >= 0.6 is 0 Å². The van der Waals surface area contributed by atoms with Crippen LogP contribution in [0.1, 0.15) is 30.2 Å². The summed E-state index contributed by atoms with van der Waals surface area (Å²) in [6, 6.07) is 6.25. The molecule has 2 unspecified atom stereocenters. The lowest BCUT2D eigenvalue weighted by Gasteiger charge is -2.25. The van der Waals surface area contributed by atoms with Gasteiger partial charge in [0.2, 0.25) is 5.79 Å². The standard InChI is InChI=1S/C18H21N3O3/c1-4-15-8-22-18(24-15,9-21-11-19-10-20-21)16-7-14-6-12(2)5-13(3)17(14)23-16/h5-7,10-11,15H,4,8-9H2,1-3H3.